The van der Waals surface area contributed by atoms with Gasteiger partial charge < -0.3 is 4.43 Å². The molecule has 0 aliphatic rings. The van der Waals surface area contributed by atoms with E-state index < -0.39 is 8.32 Å². The van der Waals surface area contributed by atoms with Gasteiger partial charge in [0.15, 0.2) is 8.32 Å². The second kappa shape index (κ2) is 4.27. The summed E-state index contributed by atoms with van der Waals surface area (Å²) < 4.78 is 6.09. The average molecular weight is 227 g/mol. The van der Waals surface area contributed by atoms with Gasteiger partial charge in [-0.3, -0.25) is 0 Å². The van der Waals surface area contributed by atoms with Crippen molar-refractivity contribution < 1.29 is 4.43 Å². The molecule has 0 saturated heterocycles. The second-order valence-electron chi connectivity index (χ2n) is 6.75. The summed E-state index contributed by atoms with van der Waals surface area (Å²) in [5.74, 6) is 0. The zero-order valence-corrected chi connectivity index (χ0v) is 12.4. The van der Waals surface area contributed by atoms with E-state index in [0.717, 1.165) is 0 Å². The minimum Gasteiger partial charge on any atom is -0.401 e. The lowest BCUT2D eigenvalue weighted by Gasteiger charge is -2.40. The van der Waals surface area contributed by atoms with E-state index in [-0.39, 0.29) is 16.6 Å². The van der Waals surface area contributed by atoms with Gasteiger partial charge in [-0.15, -0.1) is 0 Å². The molecule has 0 fully saturated rings. The largest absolute Gasteiger partial charge is 0.401 e. The van der Waals surface area contributed by atoms with Crippen molar-refractivity contribution in [2.45, 2.75) is 65.8 Å². The van der Waals surface area contributed by atoms with E-state index in [1.54, 1.807) is 0 Å². The predicted molar refractivity (Wildman–Crippen MR) is 67.1 cm³/mol. The number of nitrogens with zero attached hydrogens (tertiary/aromatic N) is 1. The van der Waals surface area contributed by atoms with Crippen molar-refractivity contribution in [1.29, 1.82) is 5.26 Å². The Morgan fingerprint density at radius 1 is 1.07 bits per heavy atom. The summed E-state index contributed by atoms with van der Waals surface area (Å²) in [6.45, 7) is 17.1. The predicted octanol–water partition coefficient (Wildman–Crippen LogP) is 3.95. The van der Waals surface area contributed by atoms with Crippen LogP contribution in [0.15, 0.2) is 0 Å². The lowest BCUT2D eigenvalue weighted by Crippen LogP contribution is -2.46. The number of hydrogen-bond acceptors (Lipinski definition) is 2. The van der Waals surface area contributed by atoms with Gasteiger partial charge in [0.1, 0.15) is 6.10 Å². The fourth-order valence-electron chi connectivity index (χ4n) is 0.868. The Morgan fingerprint density at radius 3 is 1.67 bits per heavy atom. The van der Waals surface area contributed by atoms with Gasteiger partial charge in [-0.05, 0) is 18.1 Å². The van der Waals surface area contributed by atoms with Crippen molar-refractivity contribution in [3.8, 4) is 6.07 Å². The summed E-state index contributed by atoms with van der Waals surface area (Å²) >= 11 is 0. The summed E-state index contributed by atoms with van der Waals surface area (Å²) in [7, 11) is -1.82. The topological polar surface area (TPSA) is 33.0 Å². The molecule has 1 atom stereocenters. The molecular formula is C12H25NOSi. The molecule has 3 heteroatoms. The van der Waals surface area contributed by atoms with Crippen molar-refractivity contribution in [1.82, 2.24) is 0 Å². The van der Waals surface area contributed by atoms with Gasteiger partial charge in [0.05, 0.1) is 6.07 Å². The van der Waals surface area contributed by atoms with E-state index in [4.69, 9.17) is 9.69 Å². The van der Waals surface area contributed by atoms with E-state index in [2.05, 4.69) is 39.9 Å². The Labute approximate surface area is 95.8 Å². The lowest BCUT2D eigenvalue weighted by atomic mass is 9.90. The third-order valence-corrected chi connectivity index (χ3v) is 7.56. The summed E-state index contributed by atoms with van der Waals surface area (Å²) in [5, 5.41) is 9.30. The normalized spacial score (nSPS) is 15.9. The SMILES string of the molecule is CC(C)(C)C(C#N)O[Si](C)(C)C(C)(C)C. The number of nitriles is 1. The Bertz CT molecular complexity index is 252. The van der Waals surface area contributed by atoms with Crippen molar-refractivity contribution in [3.63, 3.8) is 0 Å². The molecule has 0 bridgehead atoms. The van der Waals surface area contributed by atoms with Crippen LogP contribution in [0.3, 0.4) is 0 Å². The average Bonchev–Trinajstić information content (AvgIpc) is 1.95. The van der Waals surface area contributed by atoms with E-state index in [0.29, 0.717) is 0 Å². The van der Waals surface area contributed by atoms with Gasteiger partial charge in [-0.2, -0.15) is 5.26 Å². The zero-order valence-electron chi connectivity index (χ0n) is 11.4. The molecule has 0 saturated carbocycles. The molecule has 0 aliphatic carbocycles. The van der Waals surface area contributed by atoms with Gasteiger partial charge >= 0.3 is 0 Å². The smallest absolute Gasteiger partial charge is 0.193 e. The zero-order chi connectivity index (χ0) is 12.5. The third kappa shape index (κ3) is 3.96. The maximum Gasteiger partial charge on any atom is 0.193 e. The summed E-state index contributed by atoms with van der Waals surface area (Å²) in [5.41, 5.74) is -0.107. The highest BCUT2D eigenvalue weighted by molar-refractivity contribution is 6.74. The van der Waals surface area contributed by atoms with Crippen LogP contribution in [0.4, 0.5) is 0 Å². The van der Waals surface area contributed by atoms with Crippen molar-refractivity contribution in [2.24, 2.45) is 5.41 Å². The highest BCUT2D eigenvalue weighted by atomic mass is 28.4. The molecule has 0 spiro atoms. The molecular weight excluding hydrogens is 202 g/mol. The Morgan fingerprint density at radius 2 is 1.47 bits per heavy atom. The number of rotatable bonds is 2. The molecule has 88 valence electrons. The van der Waals surface area contributed by atoms with Crippen LogP contribution in [-0.2, 0) is 4.43 Å². The van der Waals surface area contributed by atoms with Gasteiger partial charge in [-0.1, -0.05) is 41.5 Å². The molecule has 0 N–H and O–H groups in total. The first-order valence-corrected chi connectivity index (χ1v) is 8.40. The maximum absolute atomic E-state index is 9.14. The quantitative estimate of drug-likeness (QED) is 0.669. The van der Waals surface area contributed by atoms with Crippen LogP contribution < -0.4 is 0 Å². The summed E-state index contributed by atoms with van der Waals surface area (Å²) in [4.78, 5) is 0. The Hall–Kier alpha value is -0.333. The highest BCUT2D eigenvalue weighted by Crippen LogP contribution is 2.39. The van der Waals surface area contributed by atoms with Crippen molar-refractivity contribution in [2.75, 3.05) is 0 Å². The van der Waals surface area contributed by atoms with E-state index in [1.165, 1.54) is 0 Å². The van der Waals surface area contributed by atoms with Crippen LogP contribution in [0.5, 0.6) is 0 Å². The molecule has 0 aromatic heterocycles. The van der Waals surface area contributed by atoms with Gasteiger partial charge in [0.25, 0.3) is 0 Å². The highest BCUT2D eigenvalue weighted by Gasteiger charge is 2.41. The molecule has 0 heterocycles. The summed E-state index contributed by atoms with van der Waals surface area (Å²) in [6.07, 6.45) is -0.307. The van der Waals surface area contributed by atoms with Crippen LogP contribution in [0, 0.1) is 16.7 Å². The second-order valence-corrected chi connectivity index (χ2v) is 11.5. The molecule has 0 aromatic carbocycles. The Kier molecular flexibility index (Phi) is 4.17. The van der Waals surface area contributed by atoms with Gasteiger partial charge in [-0.25, -0.2) is 0 Å². The fraction of sp³-hybridized carbons (Fsp3) is 0.917. The lowest BCUT2D eigenvalue weighted by molar-refractivity contribution is 0.120. The van der Waals surface area contributed by atoms with Crippen LogP contribution >= 0.6 is 0 Å². The third-order valence-electron chi connectivity index (χ3n) is 3.12. The molecule has 1 unspecified atom stereocenters. The van der Waals surface area contributed by atoms with Crippen LogP contribution in [-0.4, -0.2) is 14.4 Å². The van der Waals surface area contributed by atoms with E-state index >= 15 is 0 Å². The van der Waals surface area contributed by atoms with Crippen molar-refractivity contribution >= 4 is 8.32 Å². The van der Waals surface area contributed by atoms with Crippen LogP contribution in [0.1, 0.15) is 41.5 Å². The van der Waals surface area contributed by atoms with Crippen LogP contribution in [0.2, 0.25) is 18.1 Å². The molecule has 0 aliphatic heterocycles. The molecule has 0 rings (SSSR count). The molecule has 15 heavy (non-hydrogen) atoms. The van der Waals surface area contributed by atoms with Gasteiger partial charge in [0.2, 0.25) is 0 Å². The maximum atomic E-state index is 9.14. The minimum absolute atomic E-state index is 0.107. The molecule has 0 amide bonds. The van der Waals surface area contributed by atoms with E-state index in [9.17, 15) is 0 Å². The Balaban J connectivity index is 4.81. The van der Waals surface area contributed by atoms with Crippen LogP contribution in [0.25, 0.3) is 0 Å². The monoisotopic (exact) mass is 227 g/mol. The number of hydrogen-bond donors (Lipinski definition) is 0. The van der Waals surface area contributed by atoms with Crippen molar-refractivity contribution in [3.05, 3.63) is 0 Å². The van der Waals surface area contributed by atoms with E-state index in [1.807, 2.05) is 20.8 Å². The van der Waals surface area contributed by atoms with Gasteiger partial charge in [0, 0.05) is 5.41 Å². The summed E-state index contributed by atoms with van der Waals surface area (Å²) in [6, 6.07) is 2.28. The fourth-order valence-corrected chi connectivity index (χ4v) is 2.22. The minimum atomic E-state index is -1.82. The molecule has 0 aromatic rings. The molecule has 0 radical (unpaired) electrons. The first-order chi connectivity index (χ1) is 6.42. The molecule has 2 nitrogen and oxygen atoms in total. The standard InChI is InChI=1S/C12H25NOSi/c1-11(2,3)10(9-13)14-15(7,8)12(4,5)6/h10H,1-8H3. The first-order valence-electron chi connectivity index (χ1n) is 5.49. The first kappa shape index (κ1) is 14.7.